The molecule has 7 heteroatoms. The molecule has 2 aliphatic heterocycles. The molecule has 7 nitrogen and oxygen atoms in total. The Kier molecular flexibility index (Phi) is 11.1. The van der Waals surface area contributed by atoms with Crippen LogP contribution in [-0.2, 0) is 0 Å². The highest BCUT2D eigenvalue weighted by molar-refractivity contribution is 5.56. The van der Waals surface area contributed by atoms with E-state index in [0.717, 1.165) is 82.0 Å². The number of aromatic nitrogens is 2. The van der Waals surface area contributed by atoms with Gasteiger partial charge in [-0.05, 0) is 108 Å². The Morgan fingerprint density at radius 1 is 0.786 bits per heavy atom. The second kappa shape index (κ2) is 13.4. The molecular weight excluding hydrogens is 518 g/mol. The van der Waals surface area contributed by atoms with Crippen LogP contribution in [0.25, 0.3) is 0 Å². The third kappa shape index (κ3) is 7.80. The third-order valence-electron chi connectivity index (χ3n) is 10.6. The zero-order valence-corrected chi connectivity index (χ0v) is 29.5. The molecule has 0 atom stereocenters. The van der Waals surface area contributed by atoms with Gasteiger partial charge in [0.15, 0.2) is 0 Å². The molecule has 240 valence electrons. The lowest BCUT2D eigenvalue weighted by atomic mass is 9.77. The highest BCUT2D eigenvalue weighted by Gasteiger charge is 2.46. The lowest BCUT2D eigenvalue weighted by Crippen LogP contribution is -2.63. The molecule has 3 heterocycles. The van der Waals surface area contributed by atoms with Gasteiger partial charge in [-0.2, -0.15) is 9.97 Å². The minimum atomic E-state index is 0.0941. The molecule has 1 aromatic heterocycles. The smallest absolute Gasteiger partial charge is 0.229 e. The lowest BCUT2D eigenvalue weighted by Gasteiger charge is -2.56. The summed E-state index contributed by atoms with van der Waals surface area (Å²) in [6.45, 7) is 30.4. The highest BCUT2D eigenvalue weighted by Crippen LogP contribution is 2.42. The first-order valence-corrected chi connectivity index (χ1v) is 16.7. The van der Waals surface area contributed by atoms with E-state index < -0.39 is 0 Å². The van der Waals surface area contributed by atoms with Gasteiger partial charge in [0.2, 0.25) is 5.95 Å². The van der Waals surface area contributed by atoms with Crippen molar-refractivity contribution in [2.75, 3.05) is 48.8 Å². The van der Waals surface area contributed by atoms with E-state index in [1.165, 1.54) is 0 Å². The molecule has 1 aromatic rings. The fourth-order valence-corrected chi connectivity index (χ4v) is 7.63. The number of piperidine rings is 2. The summed E-state index contributed by atoms with van der Waals surface area (Å²) in [6, 6.07) is 2.99. The SMILES string of the molecule is C=CCNc1cc(N(CCCC)C2CC(C)(C)N(C)C(C)(C)C2)nc(N(CCCC)C2CC(C)(C)N(C)C(C)(C)C2)n1. The molecule has 0 saturated carbocycles. The minimum absolute atomic E-state index is 0.0941. The van der Waals surface area contributed by atoms with Crippen LogP contribution in [0.5, 0.6) is 0 Å². The predicted molar refractivity (Wildman–Crippen MR) is 183 cm³/mol. The van der Waals surface area contributed by atoms with Gasteiger partial charge in [-0.1, -0.05) is 32.8 Å². The van der Waals surface area contributed by atoms with E-state index in [-0.39, 0.29) is 22.2 Å². The second-order valence-electron chi connectivity index (χ2n) is 15.7. The third-order valence-corrected chi connectivity index (χ3v) is 10.6. The fourth-order valence-electron chi connectivity index (χ4n) is 7.63. The van der Waals surface area contributed by atoms with Gasteiger partial charge in [0.25, 0.3) is 0 Å². The highest BCUT2D eigenvalue weighted by atomic mass is 15.4. The first kappa shape index (κ1) is 34.6. The van der Waals surface area contributed by atoms with Crippen LogP contribution in [-0.4, -0.2) is 87.7 Å². The fraction of sp³-hybridized carbons (Fsp3) is 0.829. The van der Waals surface area contributed by atoms with Gasteiger partial charge in [-0.25, -0.2) is 0 Å². The summed E-state index contributed by atoms with van der Waals surface area (Å²) in [4.78, 5) is 21.0. The predicted octanol–water partition coefficient (Wildman–Crippen LogP) is 7.59. The lowest BCUT2D eigenvalue weighted by molar-refractivity contribution is -0.0129. The number of nitrogens with zero attached hydrogens (tertiary/aromatic N) is 6. The Morgan fingerprint density at radius 2 is 1.21 bits per heavy atom. The van der Waals surface area contributed by atoms with E-state index in [0.29, 0.717) is 18.6 Å². The molecule has 0 unspecified atom stereocenters. The number of rotatable bonds is 13. The van der Waals surface area contributed by atoms with Gasteiger partial charge in [0.05, 0.1) is 0 Å². The van der Waals surface area contributed by atoms with Gasteiger partial charge >= 0.3 is 0 Å². The summed E-state index contributed by atoms with van der Waals surface area (Å²) in [5.41, 5.74) is 0.401. The van der Waals surface area contributed by atoms with Crippen LogP contribution in [0, 0.1) is 0 Å². The van der Waals surface area contributed by atoms with Crippen molar-refractivity contribution in [1.82, 2.24) is 19.8 Å². The molecule has 1 N–H and O–H groups in total. The molecule has 0 bridgehead atoms. The Labute approximate surface area is 259 Å². The van der Waals surface area contributed by atoms with E-state index in [2.05, 4.69) is 121 Å². The van der Waals surface area contributed by atoms with Crippen LogP contribution in [0.3, 0.4) is 0 Å². The Bertz CT molecular complexity index is 922. The number of hydrogen-bond donors (Lipinski definition) is 1. The van der Waals surface area contributed by atoms with Crippen molar-refractivity contribution in [2.24, 2.45) is 0 Å². The summed E-state index contributed by atoms with van der Waals surface area (Å²) >= 11 is 0. The summed E-state index contributed by atoms with van der Waals surface area (Å²) < 4.78 is 0. The average molecular weight is 584 g/mol. The standard InChI is InChI=1S/C35H65N7/c1-14-17-20-41(27-23-32(4,5)39(12)33(6,7)24-27)30-22-29(36-19-16-3)37-31(38-30)42(21-18-15-2)28-25-34(8,9)40(13)35(10,11)26-28/h16,22,27-28H,3,14-15,17-21,23-26H2,1-2,4-13H3,(H,36,37,38). The van der Waals surface area contributed by atoms with Crippen LogP contribution in [0.4, 0.5) is 17.6 Å². The molecule has 2 aliphatic rings. The molecule has 0 aliphatic carbocycles. The van der Waals surface area contributed by atoms with Crippen LogP contribution in [0.2, 0.25) is 0 Å². The van der Waals surface area contributed by atoms with Crippen molar-refractivity contribution in [3.8, 4) is 0 Å². The van der Waals surface area contributed by atoms with Gasteiger partial charge in [-0.15, -0.1) is 6.58 Å². The Morgan fingerprint density at radius 3 is 1.64 bits per heavy atom. The van der Waals surface area contributed by atoms with Crippen LogP contribution >= 0.6 is 0 Å². The van der Waals surface area contributed by atoms with Crippen molar-refractivity contribution in [1.29, 1.82) is 0 Å². The first-order chi connectivity index (χ1) is 19.5. The van der Waals surface area contributed by atoms with Crippen LogP contribution in [0.15, 0.2) is 18.7 Å². The van der Waals surface area contributed by atoms with Gasteiger partial charge in [-0.3, -0.25) is 9.80 Å². The molecule has 0 spiro atoms. The quantitative estimate of drug-likeness (QED) is 0.240. The van der Waals surface area contributed by atoms with E-state index >= 15 is 0 Å². The largest absolute Gasteiger partial charge is 0.366 e. The normalized spacial score (nSPS) is 22.6. The van der Waals surface area contributed by atoms with Crippen LogP contribution < -0.4 is 15.1 Å². The van der Waals surface area contributed by atoms with E-state index in [1.807, 2.05) is 6.08 Å². The Balaban J connectivity index is 2.13. The van der Waals surface area contributed by atoms with E-state index in [4.69, 9.17) is 9.97 Å². The molecule has 2 saturated heterocycles. The topological polar surface area (TPSA) is 50.8 Å². The minimum Gasteiger partial charge on any atom is -0.366 e. The summed E-state index contributed by atoms with van der Waals surface area (Å²) in [5.74, 6) is 2.84. The first-order valence-electron chi connectivity index (χ1n) is 16.7. The summed E-state index contributed by atoms with van der Waals surface area (Å²) in [7, 11) is 4.58. The zero-order chi connectivity index (χ0) is 31.5. The zero-order valence-electron chi connectivity index (χ0n) is 29.5. The second-order valence-corrected chi connectivity index (χ2v) is 15.7. The molecule has 0 radical (unpaired) electrons. The number of likely N-dealkylation sites (tertiary alicyclic amines) is 2. The van der Waals surface area contributed by atoms with Crippen LogP contribution in [0.1, 0.15) is 121 Å². The van der Waals surface area contributed by atoms with E-state index in [1.54, 1.807) is 0 Å². The van der Waals surface area contributed by atoms with Crippen molar-refractivity contribution in [3.63, 3.8) is 0 Å². The molecule has 0 aromatic carbocycles. The number of anilines is 3. The maximum atomic E-state index is 5.48. The molecule has 2 fully saturated rings. The average Bonchev–Trinajstić information content (AvgIpc) is 2.89. The molecule has 0 amide bonds. The molecule has 3 rings (SSSR count). The van der Waals surface area contributed by atoms with Crippen molar-refractivity contribution in [3.05, 3.63) is 18.7 Å². The summed E-state index contributed by atoms with van der Waals surface area (Å²) in [5, 5.41) is 3.54. The van der Waals surface area contributed by atoms with Crippen molar-refractivity contribution in [2.45, 2.75) is 155 Å². The van der Waals surface area contributed by atoms with Crippen molar-refractivity contribution >= 4 is 17.6 Å². The number of nitrogens with one attached hydrogen (secondary N) is 1. The van der Waals surface area contributed by atoms with Gasteiger partial charge in [0, 0.05) is 59.9 Å². The number of unbranched alkanes of at least 4 members (excludes halogenated alkanes) is 2. The Hall–Kier alpha value is -1.86. The molecular formula is C35H65N7. The van der Waals surface area contributed by atoms with E-state index in [9.17, 15) is 0 Å². The van der Waals surface area contributed by atoms with Gasteiger partial charge < -0.3 is 15.1 Å². The maximum absolute atomic E-state index is 5.48. The number of hydrogen-bond acceptors (Lipinski definition) is 7. The molecule has 42 heavy (non-hydrogen) atoms. The maximum Gasteiger partial charge on any atom is 0.229 e. The monoisotopic (exact) mass is 584 g/mol. The van der Waals surface area contributed by atoms with Crippen molar-refractivity contribution < 1.29 is 0 Å². The summed E-state index contributed by atoms with van der Waals surface area (Å²) in [6.07, 6.45) is 10.9. The van der Waals surface area contributed by atoms with Gasteiger partial charge in [0.1, 0.15) is 11.6 Å².